The molecule has 4 rings (SSSR count). The van der Waals surface area contributed by atoms with E-state index in [-0.39, 0.29) is 19.1 Å². The van der Waals surface area contributed by atoms with E-state index in [0.29, 0.717) is 30.2 Å². The van der Waals surface area contributed by atoms with Crippen LogP contribution < -0.4 is 21.9 Å². The summed E-state index contributed by atoms with van der Waals surface area (Å²) in [4.78, 5) is 42.2. The molecule has 0 amide bonds. The summed E-state index contributed by atoms with van der Waals surface area (Å²) in [5, 5.41) is 0. The number of anilines is 1. The van der Waals surface area contributed by atoms with E-state index in [1.807, 2.05) is 35.8 Å². The molecule has 0 radical (unpaired) electrons. The SMILES string of the molecule is C=Nc1ccccc1C(C)=NCCn1c(=O)c2c(nc(N3CCCC(N)C3)n2CC#CC)n(C)c1=O. The third kappa shape index (κ3) is 4.75. The van der Waals surface area contributed by atoms with E-state index in [9.17, 15) is 9.59 Å². The molecule has 36 heavy (non-hydrogen) atoms. The fourth-order valence-corrected chi connectivity index (χ4v) is 4.62. The number of benzene rings is 1. The topological polar surface area (TPSA) is 116 Å². The summed E-state index contributed by atoms with van der Waals surface area (Å²) in [5.41, 5.74) is 8.44. The second kappa shape index (κ2) is 10.7. The number of aryl methyl sites for hydroxylation is 1. The fourth-order valence-electron chi connectivity index (χ4n) is 4.62. The van der Waals surface area contributed by atoms with Crippen molar-refractivity contribution >= 4 is 35.2 Å². The van der Waals surface area contributed by atoms with Gasteiger partial charge in [0.15, 0.2) is 11.2 Å². The summed E-state index contributed by atoms with van der Waals surface area (Å²) < 4.78 is 4.45. The van der Waals surface area contributed by atoms with Crippen LogP contribution in [0.25, 0.3) is 11.2 Å². The summed E-state index contributed by atoms with van der Waals surface area (Å²) in [5.74, 6) is 6.56. The summed E-state index contributed by atoms with van der Waals surface area (Å²) in [6, 6.07) is 7.61. The maximum absolute atomic E-state index is 13.6. The molecule has 3 aromatic rings. The Balaban J connectivity index is 1.75. The van der Waals surface area contributed by atoms with Gasteiger partial charge in [-0.1, -0.05) is 24.1 Å². The van der Waals surface area contributed by atoms with Crippen LogP contribution in [0.15, 0.2) is 43.8 Å². The van der Waals surface area contributed by atoms with Crippen LogP contribution in [0.1, 0.15) is 32.3 Å². The molecule has 0 aliphatic carbocycles. The first-order valence-corrected chi connectivity index (χ1v) is 12.0. The van der Waals surface area contributed by atoms with Gasteiger partial charge in [-0.15, -0.1) is 5.92 Å². The molecule has 2 aromatic heterocycles. The van der Waals surface area contributed by atoms with Gasteiger partial charge in [-0.2, -0.15) is 4.98 Å². The number of para-hydroxylation sites is 1. The predicted octanol–water partition coefficient (Wildman–Crippen LogP) is 1.69. The minimum atomic E-state index is -0.429. The van der Waals surface area contributed by atoms with Gasteiger partial charge in [-0.3, -0.25) is 28.5 Å². The Hall–Kier alpha value is -3.97. The average molecular weight is 489 g/mol. The number of fused-ring (bicyclic) bond motifs is 1. The number of rotatable bonds is 7. The van der Waals surface area contributed by atoms with Gasteiger partial charge in [0.05, 0.1) is 25.3 Å². The van der Waals surface area contributed by atoms with Crippen LogP contribution in [0.4, 0.5) is 11.6 Å². The minimum absolute atomic E-state index is 0.0345. The molecule has 1 aromatic carbocycles. The lowest BCUT2D eigenvalue weighted by molar-refractivity contribution is 0.496. The largest absolute Gasteiger partial charge is 0.341 e. The molecular weight excluding hydrogens is 456 g/mol. The summed E-state index contributed by atoms with van der Waals surface area (Å²) >= 11 is 0. The van der Waals surface area contributed by atoms with Crippen molar-refractivity contribution in [2.45, 2.75) is 45.8 Å². The summed E-state index contributed by atoms with van der Waals surface area (Å²) in [6.45, 7) is 9.36. The fraction of sp³-hybridized carbons (Fsp3) is 0.423. The quantitative estimate of drug-likeness (QED) is 0.401. The second-order valence-corrected chi connectivity index (χ2v) is 8.89. The number of imidazole rings is 1. The zero-order chi connectivity index (χ0) is 25.8. The lowest BCUT2D eigenvalue weighted by atomic mass is 10.1. The molecule has 10 nitrogen and oxygen atoms in total. The number of aliphatic imine (C=N–C) groups is 2. The first-order chi connectivity index (χ1) is 17.4. The highest BCUT2D eigenvalue weighted by Crippen LogP contribution is 2.23. The second-order valence-electron chi connectivity index (χ2n) is 8.89. The lowest BCUT2D eigenvalue weighted by Crippen LogP contribution is -2.44. The van der Waals surface area contributed by atoms with Crippen LogP contribution >= 0.6 is 0 Å². The lowest BCUT2D eigenvalue weighted by Gasteiger charge is -2.31. The van der Waals surface area contributed by atoms with E-state index < -0.39 is 11.2 Å². The summed E-state index contributed by atoms with van der Waals surface area (Å²) in [7, 11) is 1.63. The Morgan fingerprint density at radius 3 is 2.78 bits per heavy atom. The first kappa shape index (κ1) is 25.1. The molecule has 1 unspecified atom stereocenters. The molecule has 1 aliphatic heterocycles. The molecule has 0 saturated carbocycles. The highest BCUT2D eigenvalue weighted by Gasteiger charge is 2.26. The van der Waals surface area contributed by atoms with Gasteiger partial charge in [-0.25, -0.2) is 4.79 Å². The molecule has 1 atom stereocenters. The summed E-state index contributed by atoms with van der Waals surface area (Å²) in [6.07, 6.45) is 1.89. The number of hydrogen-bond donors (Lipinski definition) is 1. The van der Waals surface area contributed by atoms with Gasteiger partial charge in [-0.05, 0) is 39.5 Å². The monoisotopic (exact) mass is 488 g/mol. The molecule has 3 heterocycles. The van der Waals surface area contributed by atoms with E-state index in [0.717, 1.165) is 36.3 Å². The normalized spacial score (nSPS) is 16.2. The molecular formula is C26H32N8O2. The van der Waals surface area contributed by atoms with Crippen molar-refractivity contribution in [3.63, 3.8) is 0 Å². The van der Waals surface area contributed by atoms with Gasteiger partial charge in [0, 0.05) is 37.5 Å². The molecule has 10 heteroatoms. The third-order valence-corrected chi connectivity index (χ3v) is 6.50. The molecule has 0 spiro atoms. The zero-order valence-corrected chi connectivity index (χ0v) is 21.1. The van der Waals surface area contributed by atoms with Crippen LogP contribution in [0.5, 0.6) is 0 Å². The van der Waals surface area contributed by atoms with Gasteiger partial charge in [0.1, 0.15) is 0 Å². The van der Waals surface area contributed by atoms with Gasteiger partial charge in [0.25, 0.3) is 5.56 Å². The standard InChI is InChI=1S/C26H32N8O2/c1-5-6-15-33-22-23(30-25(33)32-14-9-10-19(27)17-32)31(4)26(36)34(24(22)35)16-13-29-18(2)20-11-7-8-12-21(20)28-3/h7-8,11-12,19H,3,9-10,13-17,27H2,1-2,4H3. The predicted molar refractivity (Wildman–Crippen MR) is 145 cm³/mol. The van der Waals surface area contributed by atoms with Crippen LogP contribution in [0.3, 0.4) is 0 Å². The van der Waals surface area contributed by atoms with E-state index in [4.69, 9.17) is 10.7 Å². The Bertz CT molecular complexity index is 1500. The van der Waals surface area contributed by atoms with E-state index in [1.54, 1.807) is 14.0 Å². The molecule has 1 aliphatic rings. The van der Waals surface area contributed by atoms with Gasteiger partial charge in [0.2, 0.25) is 5.95 Å². The number of piperidine rings is 1. The smallest absolute Gasteiger partial charge is 0.332 e. The van der Waals surface area contributed by atoms with Crippen LogP contribution in [0.2, 0.25) is 0 Å². The highest BCUT2D eigenvalue weighted by atomic mass is 16.2. The average Bonchev–Trinajstić information content (AvgIpc) is 3.27. The number of hydrogen-bond acceptors (Lipinski definition) is 7. The molecule has 1 saturated heterocycles. The van der Waals surface area contributed by atoms with Crippen LogP contribution in [-0.4, -0.2) is 56.8 Å². The minimum Gasteiger partial charge on any atom is -0.341 e. The van der Waals surface area contributed by atoms with Crippen molar-refractivity contribution in [1.29, 1.82) is 0 Å². The van der Waals surface area contributed by atoms with E-state index in [2.05, 4.69) is 33.4 Å². The molecule has 188 valence electrons. The molecule has 2 N–H and O–H groups in total. The first-order valence-electron chi connectivity index (χ1n) is 12.0. The van der Waals surface area contributed by atoms with Gasteiger partial charge >= 0.3 is 5.69 Å². The number of aromatic nitrogens is 4. The number of nitrogens with zero attached hydrogens (tertiary/aromatic N) is 7. The zero-order valence-electron chi connectivity index (χ0n) is 21.1. The van der Waals surface area contributed by atoms with Gasteiger partial charge < -0.3 is 10.6 Å². The van der Waals surface area contributed by atoms with E-state index >= 15 is 0 Å². The number of nitrogens with two attached hydrogens (primary N) is 1. The highest BCUT2D eigenvalue weighted by molar-refractivity contribution is 6.03. The Kier molecular flexibility index (Phi) is 7.50. The maximum Gasteiger partial charge on any atom is 0.332 e. The van der Waals surface area contributed by atoms with Crippen LogP contribution in [0, 0.1) is 11.8 Å². The van der Waals surface area contributed by atoms with E-state index in [1.165, 1.54) is 9.13 Å². The molecule has 0 bridgehead atoms. The Labute approximate surface area is 209 Å². The van der Waals surface area contributed by atoms with Crippen molar-refractivity contribution in [3.05, 3.63) is 50.7 Å². The van der Waals surface area contributed by atoms with Crippen molar-refractivity contribution in [1.82, 2.24) is 18.7 Å². The maximum atomic E-state index is 13.6. The Morgan fingerprint density at radius 1 is 1.28 bits per heavy atom. The van der Waals surface area contributed by atoms with Crippen molar-refractivity contribution in [2.75, 3.05) is 24.5 Å². The Morgan fingerprint density at radius 2 is 2.06 bits per heavy atom. The van der Waals surface area contributed by atoms with Crippen molar-refractivity contribution < 1.29 is 0 Å². The molecule has 1 fully saturated rings. The third-order valence-electron chi connectivity index (χ3n) is 6.50. The van der Waals surface area contributed by atoms with Crippen molar-refractivity contribution in [2.24, 2.45) is 22.8 Å². The van der Waals surface area contributed by atoms with Crippen molar-refractivity contribution in [3.8, 4) is 11.8 Å². The van der Waals surface area contributed by atoms with Crippen LogP contribution in [-0.2, 0) is 20.1 Å².